The highest BCUT2D eigenvalue weighted by atomic mass is 32.1. The summed E-state index contributed by atoms with van der Waals surface area (Å²) in [6.45, 7) is 2.93. The Balaban J connectivity index is 1.35. The number of hydrogen-bond acceptors (Lipinski definition) is 5. The Hall–Kier alpha value is -2.51. The van der Waals surface area contributed by atoms with Gasteiger partial charge in [0, 0.05) is 24.6 Å². The first-order valence-corrected chi connectivity index (χ1v) is 10.2. The number of ketones is 1. The molecule has 1 aliphatic rings. The topological polar surface area (TPSA) is 62.5 Å². The summed E-state index contributed by atoms with van der Waals surface area (Å²) in [6.07, 6.45) is 1.53. The van der Waals surface area contributed by atoms with Crippen LogP contribution in [0.2, 0.25) is 0 Å². The highest BCUT2D eigenvalue weighted by Gasteiger charge is 2.25. The Kier molecular flexibility index (Phi) is 5.28. The maximum atomic E-state index is 13.0. The zero-order valence-electron chi connectivity index (χ0n) is 15.3. The molecule has 1 N–H and O–H groups in total. The monoisotopic (exact) mass is 400 g/mol. The van der Waals surface area contributed by atoms with Gasteiger partial charge in [-0.1, -0.05) is 11.3 Å². The van der Waals surface area contributed by atoms with Crippen LogP contribution in [-0.2, 0) is 6.54 Å². The summed E-state index contributed by atoms with van der Waals surface area (Å²) in [6, 6.07) is 10.7. The minimum absolute atomic E-state index is 0.0260. The van der Waals surface area contributed by atoms with E-state index in [1.165, 1.54) is 12.1 Å². The lowest BCUT2D eigenvalue weighted by atomic mass is 9.89. The summed E-state index contributed by atoms with van der Waals surface area (Å²) in [4.78, 5) is 27.1. The molecule has 1 saturated heterocycles. The molecule has 0 aliphatic carbocycles. The third-order valence-electron chi connectivity index (χ3n) is 5.38. The summed E-state index contributed by atoms with van der Waals surface area (Å²) in [5.41, 5.74) is 1.41. The van der Waals surface area contributed by atoms with Crippen LogP contribution in [-0.4, -0.2) is 40.0 Å². The molecule has 28 heavy (non-hydrogen) atoms. The molecule has 4 rings (SSSR count). The smallest absolute Gasteiger partial charge is 0.308 e. The predicted octanol–water partition coefficient (Wildman–Crippen LogP) is 3.50. The van der Waals surface area contributed by atoms with E-state index in [-0.39, 0.29) is 28.1 Å². The zero-order valence-corrected chi connectivity index (χ0v) is 16.1. The van der Waals surface area contributed by atoms with Crippen molar-refractivity contribution in [3.05, 3.63) is 63.5 Å². The molecule has 0 saturated carbocycles. The number of carbonyl (C=O) groups excluding carboxylic acids is 1. The molecule has 1 aliphatic heterocycles. The van der Waals surface area contributed by atoms with E-state index < -0.39 is 0 Å². The van der Waals surface area contributed by atoms with Gasteiger partial charge in [0.15, 0.2) is 5.78 Å². The fraction of sp³-hybridized carbons (Fsp3) is 0.333. The number of carbonyl (C=O) groups is 1. The number of rotatable bonds is 5. The van der Waals surface area contributed by atoms with Gasteiger partial charge in [-0.05, 0) is 68.4 Å². The van der Waals surface area contributed by atoms with Crippen LogP contribution in [0.25, 0.3) is 10.2 Å². The van der Waals surface area contributed by atoms with E-state index >= 15 is 0 Å². The Morgan fingerprint density at radius 1 is 1.11 bits per heavy atom. The predicted molar refractivity (Wildman–Crippen MR) is 108 cm³/mol. The van der Waals surface area contributed by atoms with Gasteiger partial charge in [0.05, 0.1) is 10.2 Å². The number of Topliss-reactive ketones (excluding diaryl/α,β-unsaturated/α-hetero) is 1. The van der Waals surface area contributed by atoms with Crippen molar-refractivity contribution in [1.82, 2.24) is 9.47 Å². The Labute approximate surface area is 165 Å². The number of aromatic nitrogens is 1. The molecule has 2 aromatic carbocycles. The lowest BCUT2D eigenvalue weighted by Gasteiger charge is -2.31. The van der Waals surface area contributed by atoms with Gasteiger partial charge in [-0.25, -0.2) is 4.39 Å². The average Bonchev–Trinajstić information content (AvgIpc) is 3.01. The number of benzene rings is 2. The number of likely N-dealkylation sites (tertiary alicyclic amines) is 1. The largest absolute Gasteiger partial charge is 0.508 e. The van der Waals surface area contributed by atoms with Crippen molar-refractivity contribution in [2.75, 3.05) is 19.6 Å². The van der Waals surface area contributed by atoms with Crippen molar-refractivity contribution in [2.24, 2.45) is 5.92 Å². The lowest BCUT2D eigenvalue weighted by molar-refractivity contribution is 0.0837. The number of halogens is 1. The van der Waals surface area contributed by atoms with Crippen LogP contribution in [0.3, 0.4) is 0 Å². The quantitative estimate of drug-likeness (QED) is 0.666. The molecule has 1 fully saturated rings. The van der Waals surface area contributed by atoms with Crippen molar-refractivity contribution in [3.63, 3.8) is 0 Å². The SMILES string of the molecule is O=C(c1ccc(F)cc1)C1CCN(CCn2c(=O)sc3cc(O)ccc32)CC1. The van der Waals surface area contributed by atoms with Crippen molar-refractivity contribution in [3.8, 4) is 5.75 Å². The highest BCUT2D eigenvalue weighted by Crippen LogP contribution is 2.24. The number of phenols is 1. The molecular weight excluding hydrogens is 379 g/mol. The minimum atomic E-state index is -0.335. The van der Waals surface area contributed by atoms with E-state index in [2.05, 4.69) is 4.90 Å². The molecule has 0 spiro atoms. The van der Waals surface area contributed by atoms with Crippen LogP contribution in [0.5, 0.6) is 5.75 Å². The van der Waals surface area contributed by atoms with Crippen LogP contribution in [0, 0.1) is 11.7 Å². The molecule has 0 atom stereocenters. The third kappa shape index (κ3) is 3.86. The van der Waals surface area contributed by atoms with Crippen LogP contribution in [0.15, 0.2) is 47.3 Å². The highest BCUT2D eigenvalue weighted by molar-refractivity contribution is 7.16. The third-order valence-corrected chi connectivity index (χ3v) is 6.32. The lowest BCUT2D eigenvalue weighted by Crippen LogP contribution is -2.38. The second kappa shape index (κ2) is 7.85. The molecule has 3 aromatic rings. The number of fused-ring (bicyclic) bond motifs is 1. The van der Waals surface area contributed by atoms with Gasteiger partial charge >= 0.3 is 4.87 Å². The Morgan fingerprint density at radius 3 is 2.54 bits per heavy atom. The second-order valence-corrected chi connectivity index (χ2v) is 8.15. The first-order chi connectivity index (χ1) is 13.5. The van der Waals surface area contributed by atoms with Gasteiger partial charge in [0.2, 0.25) is 0 Å². The van der Waals surface area contributed by atoms with E-state index in [0.29, 0.717) is 12.1 Å². The minimum Gasteiger partial charge on any atom is -0.508 e. The van der Waals surface area contributed by atoms with E-state index in [1.807, 2.05) is 0 Å². The molecular formula is C21H21FN2O3S. The van der Waals surface area contributed by atoms with Gasteiger partial charge < -0.3 is 10.0 Å². The maximum absolute atomic E-state index is 13.0. The average molecular weight is 400 g/mol. The van der Waals surface area contributed by atoms with Crippen molar-refractivity contribution in [2.45, 2.75) is 19.4 Å². The van der Waals surface area contributed by atoms with Gasteiger partial charge in [0.25, 0.3) is 0 Å². The van der Waals surface area contributed by atoms with Crippen molar-refractivity contribution >= 4 is 27.3 Å². The normalized spacial score (nSPS) is 15.9. The van der Waals surface area contributed by atoms with Crippen molar-refractivity contribution < 1.29 is 14.3 Å². The van der Waals surface area contributed by atoms with Gasteiger partial charge in [0.1, 0.15) is 11.6 Å². The summed E-state index contributed by atoms with van der Waals surface area (Å²) in [5, 5.41) is 9.57. The number of nitrogens with zero attached hydrogens (tertiary/aromatic N) is 2. The Morgan fingerprint density at radius 2 is 1.82 bits per heavy atom. The van der Waals surface area contributed by atoms with E-state index in [1.54, 1.807) is 34.9 Å². The van der Waals surface area contributed by atoms with E-state index in [9.17, 15) is 19.1 Å². The molecule has 5 nitrogen and oxygen atoms in total. The number of phenolic OH excluding ortho intramolecular Hbond substituents is 1. The van der Waals surface area contributed by atoms with Crippen LogP contribution in [0.1, 0.15) is 23.2 Å². The molecule has 7 heteroatoms. The van der Waals surface area contributed by atoms with Gasteiger partial charge in [-0.15, -0.1) is 0 Å². The zero-order chi connectivity index (χ0) is 19.7. The number of hydrogen-bond donors (Lipinski definition) is 1. The molecule has 2 heterocycles. The first-order valence-electron chi connectivity index (χ1n) is 9.36. The second-order valence-electron chi connectivity index (χ2n) is 7.16. The Bertz CT molecular complexity index is 1050. The fourth-order valence-electron chi connectivity index (χ4n) is 3.78. The molecule has 1 aromatic heterocycles. The van der Waals surface area contributed by atoms with Crippen molar-refractivity contribution in [1.29, 1.82) is 0 Å². The summed E-state index contributed by atoms with van der Waals surface area (Å²) < 4.78 is 15.6. The number of aromatic hydroxyl groups is 1. The maximum Gasteiger partial charge on any atom is 0.308 e. The first kappa shape index (κ1) is 18.8. The van der Waals surface area contributed by atoms with Gasteiger partial charge in [-0.3, -0.25) is 14.2 Å². The molecule has 0 bridgehead atoms. The summed E-state index contributed by atoms with van der Waals surface area (Å²) >= 11 is 1.14. The fourth-order valence-corrected chi connectivity index (χ4v) is 4.73. The van der Waals surface area contributed by atoms with E-state index in [0.717, 1.165) is 54.0 Å². The molecule has 0 unspecified atom stereocenters. The summed E-state index contributed by atoms with van der Waals surface area (Å²) in [7, 11) is 0. The standard InChI is InChI=1S/C21H21FN2O3S/c22-16-3-1-14(2-4-16)20(26)15-7-9-23(10-8-15)11-12-24-18-6-5-17(25)13-19(18)28-21(24)27/h1-6,13,15,25H,7-12H2. The summed E-state index contributed by atoms with van der Waals surface area (Å²) in [5.74, 6) is -0.125. The molecule has 146 valence electrons. The number of piperidine rings is 1. The van der Waals surface area contributed by atoms with Gasteiger partial charge in [-0.2, -0.15) is 0 Å². The molecule has 0 radical (unpaired) electrons. The van der Waals surface area contributed by atoms with Crippen LogP contribution < -0.4 is 4.87 Å². The van der Waals surface area contributed by atoms with Crippen LogP contribution >= 0.6 is 11.3 Å². The van der Waals surface area contributed by atoms with E-state index in [4.69, 9.17) is 0 Å². The number of thiazole rings is 1. The molecule has 0 amide bonds. The van der Waals surface area contributed by atoms with Crippen LogP contribution in [0.4, 0.5) is 4.39 Å².